The van der Waals surface area contributed by atoms with Gasteiger partial charge in [0.05, 0.1) is 13.3 Å². The number of pyridine rings is 1. The van der Waals surface area contributed by atoms with Crippen LogP contribution < -0.4 is 4.74 Å². The molecule has 1 aromatic rings. The molecular weight excluding hydrogens is 206 g/mol. The van der Waals surface area contributed by atoms with Gasteiger partial charge in [0.1, 0.15) is 5.75 Å². The van der Waals surface area contributed by atoms with Crippen molar-refractivity contribution in [1.29, 1.82) is 0 Å². The van der Waals surface area contributed by atoms with Crippen LogP contribution in [0.25, 0.3) is 0 Å². The van der Waals surface area contributed by atoms with Gasteiger partial charge in [-0.3, -0.25) is 4.98 Å². The van der Waals surface area contributed by atoms with E-state index in [1.54, 1.807) is 19.5 Å². The van der Waals surface area contributed by atoms with Crippen molar-refractivity contribution in [2.24, 2.45) is 0 Å². The fourth-order valence-corrected chi connectivity index (χ4v) is 0.848. The maximum absolute atomic E-state index is 4.90. The molecular formula is C8H12BrNO. The standard InChI is InChI=1S/C6H6BrNO.C2H6/c1-9-6-2-5(7)3-8-4-6;1-2/h2-4H,1H3;1-2H3. The Balaban J connectivity index is 0.000000461. The van der Waals surface area contributed by atoms with Crippen LogP contribution >= 0.6 is 15.9 Å². The second-order valence-corrected chi connectivity index (χ2v) is 2.46. The Morgan fingerprint density at radius 1 is 1.36 bits per heavy atom. The van der Waals surface area contributed by atoms with Crippen LogP contribution in [0.15, 0.2) is 22.9 Å². The van der Waals surface area contributed by atoms with E-state index in [1.807, 2.05) is 19.9 Å². The lowest BCUT2D eigenvalue weighted by molar-refractivity contribution is 0.412. The Bertz CT molecular complexity index is 203. The molecule has 1 aromatic heterocycles. The fourth-order valence-electron chi connectivity index (χ4n) is 0.504. The van der Waals surface area contributed by atoms with Crippen LogP contribution in [0.5, 0.6) is 5.75 Å². The molecule has 0 aromatic carbocycles. The van der Waals surface area contributed by atoms with E-state index >= 15 is 0 Å². The summed E-state index contributed by atoms with van der Waals surface area (Å²) in [6.45, 7) is 4.00. The molecule has 0 fully saturated rings. The van der Waals surface area contributed by atoms with Gasteiger partial charge in [-0.15, -0.1) is 0 Å². The van der Waals surface area contributed by atoms with Crippen LogP contribution in [-0.2, 0) is 0 Å². The zero-order valence-corrected chi connectivity index (χ0v) is 8.55. The van der Waals surface area contributed by atoms with Crippen LogP contribution in [0, 0.1) is 0 Å². The SMILES string of the molecule is CC.COc1cncc(Br)c1. The van der Waals surface area contributed by atoms with Crippen molar-refractivity contribution in [3.63, 3.8) is 0 Å². The molecule has 0 aliphatic carbocycles. The number of nitrogens with zero attached hydrogens (tertiary/aromatic N) is 1. The van der Waals surface area contributed by atoms with Crippen LogP contribution in [-0.4, -0.2) is 12.1 Å². The number of hydrogen-bond donors (Lipinski definition) is 0. The normalized spacial score (nSPS) is 8.00. The quantitative estimate of drug-likeness (QED) is 0.722. The number of hydrogen-bond acceptors (Lipinski definition) is 2. The zero-order valence-electron chi connectivity index (χ0n) is 6.97. The Labute approximate surface area is 75.7 Å². The molecule has 0 aliphatic rings. The second kappa shape index (κ2) is 6.16. The predicted octanol–water partition coefficient (Wildman–Crippen LogP) is 2.88. The van der Waals surface area contributed by atoms with Crippen molar-refractivity contribution in [3.05, 3.63) is 22.9 Å². The molecule has 0 atom stereocenters. The van der Waals surface area contributed by atoms with E-state index in [9.17, 15) is 0 Å². The maximum atomic E-state index is 4.90. The van der Waals surface area contributed by atoms with Crippen LogP contribution in [0.2, 0.25) is 0 Å². The van der Waals surface area contributed by atoms with E-state index in [0.29, 0.717) is 0 Å². The topological polar surface area (TPSA) is 22.1 Å². The Morgan fingerprint density at radius 2 is 2.00 bits per heavy atom. The van der Waals surface area contributed by atoms with Crippen molar-refractivity contribution in [2.75, 3.05) is 7.11 Å². The molecule has 0 amide bonds. The van der Waals surface area contributed by atoms with E-state index < -0.39 is 0 Å². The average Bonchev–Trinajstić information content (AvgIpc) is 2.08. The van der Waals surface area contributed by atoms with E-state index in [4.69, 9.17) is 4.74 Å². The molecule has 0 saturated carbocycles. The molecule has 0 spiro atoms. The lowest BCUT2D eigenvalue weighted by atomic mass is 10.5. The third kappa shape index (κ3) is 3.98. The number of aromatic nitrogens is 1. The minimum Gasteiger partial charge on any atom is -0.495 e. The number of rotatable bonds is 1. The third-order valence-corrected chi connectivity index (χ3v) is 1.35. The summed E-state index contributed by atoms with van der Waals surface area (Å²) in [6.07, 6.45) is 3.37. The zero-order chi connectivity index (χ0) is 8.69. The highest BCUT2D eigenvalue weighted by atomic mass is 79.9. The summed E-state index contributed by atoms with van der Waals surface area (Å²) in [5.74, 6) is 0.768. The first-order valence-corrected chi connectivity index (χ1v) is 4.27. The molecule has 0 unspecified atom stereocenters. The van der Waals surface area contributed by atoms with Crippen molar-refractivity contribution >= 4 is 15.9 Å². The Hall–Kier alpha value is -0.570. The summed E-state index contributed by atoms with van der Waals surface area (Å²) in [7, 11) is 1.61. The molecule has 11 heavy (non-hydrogen) atoms. The van der Waals surface area contributed by atoms with Crippen LogP contribution in [0.1, 0.15) is 13.8 Å². The molecule has 3 heteroatoms. The molecule has 0 aliphatic heterocycles. The summed E-state index contributed by atoms with van der Waals surface area (Å²) in [4.78, 5) is 3.88. The minimum atomic E-state index is 0.768. The first-order chi connectivity index (χ1) is 5.33. The molecule has 62 valence electrons. The molecule has 0 radical (unpaired) electrons. The lowest BCUT2D eigenvalue weighted by Crippen LogP contribution is -1.82. The van der Waals surface area contributed by atoms with Gasteiger partial charge < -0.3 is 4.74 Å². The van der Waals surface area contributed by atoms with Gasteiger partial charge in [0.25, 0.3) is 0 Å². The minimum absolute atomic E-state index is 0.768. The van der Waals surface area contributed by atoms with Gasteiger partial charge in [-0.05, 0) is 22.0 Å². The third-order valence-electron chi connectivity index (χ3n) is 0.915. The van der Waals surface area contributed by atoms with Crippen LogP contribution in [0.3, 0.4) is 0 Å². The van der Waals surface area contributed by atoms with Crippen molar-refractivity contribution < 1.29 is 4.74 Å². The summed E-state index contributed by atoms with van der Waals surface area (Å²) in [5.41, 5.74) is 0. The highest BCUT2D eigenvalue weighted by Crippen LogP contribution is 2.14. The molecule has 2 nitrogen and oxygen atoms in total. The molecule has 0 saturated heterocycles. The van der Waals surface area contributed by atoms with Gasteiger partial charge in [-0.25, -0.2) is 0 Å². The molecule has 1 heterocycles. The summed E-state index contributed by atoms with van der Waals surface area (Å²) in [5, 5.41) is 0. The van der Waals surface area contributed by atoms with Crippen molar-refractivity contribution in [2.45, 2.75) is 13.8 Å². The largest absolute Gasteiger partial charge is 0.495 e. The Kier molecular flexibility index (Phi) is 5.84. The first kappa shape index (κ1) is 10.4. The lowest BCUT2D eigenvalue weighted by Gasteiger charge is -1.96. The van der Waals surface area contributed by atoms with Crippen LogP contribution in [0.4, 0.5) is 0 Å². The highest BCUT2D eigenvalue weighted by Gasteiger charge is 1.89. The highest BCUT2D eigenvalue weighted by molar-refractivity contribution is 9.10. The molecule has 1 rings (SSSR count). The average molecular weight is 218 g/mol. The molecule has 0 bridgehead atoms. The first-order valence-electron chi connectivity index (χ1n) is 3.47. The van der Waals surface area contributed by atoms with Gasteiger partial charge in [-0.1, -0.05) is 13.8 Å². The van der Waals surface area contributed by atoms with E-state index in [1.165, 1.54) is 0 Å². The summed E-state index contributed by atoms with van der Waals surface area (Å²) in [6, 6.07) is 1.85. The second-order valence-electron chi connectivity index (χ2n) is 1.54. The van der Waals surface area contributed by atoms with Gasteiger partial charge >= 0.3 is 0 Å². The molecule has 0 N–H and O–H groups in total. The van der Waals surface area contributed by atoms with E-state index in [2.05, 4.69) is 20.9 Å². The van der Waals surface area contributed by atoms with Crippen molar-refractivity contribution in [3.8, 4) is 5.75 Å². The van der Waals surface area contributed by atoms with Gasteiger partial charge in [-0.2, -0.15) is 0 Å². The summed E-state index contributed by atoms with van der Waals surface area (Å²) >= 11 is 3.26. The monoisotopic (exact) mass is 217 g/mol. The number of ether oxygens (including phenoxy) is 1. The van der Waals surface area contributed by atoms with E-state index in [-0.39, 0.29) is 0 Å². The predicted molar refractivity (Wildman–Crippen MR) is 49.8 cm³/mol. The Morgan fingerprint density at radius 3 is 2.36 bits per heavy atom. The number of halogens is 1. The maximum Gasteiger partial charge on any atom is 0.138 e. The van der Waals surface area contributed by atoms with Gasteiger partial charge in [0.2, 0.25) is 0 Å². The van der Waals surface area contributed by atoms with Gasteiger partial charge in [0.15, 0.2) is 0 Å². The fraction of sp³-hybridized carbons (Fsp3) is 0.375. The van der Waals surface area contributed by atoms with Gasteiger partial charge in [0, 0.05) is 10.7 Å². The van der Waals surface area contributed by atoms with E-state index in [0.717, 1.165) is 10.2 Å². The number of methoxy groups -OCH3 is 1. The summed E-state index contributed by atoms with van der Waals surface area (Å²) < 4.78 is 5.83. The van der Waals surface area contributed by atoms with Crippen molar-refractivity contribution in [1.82, 2.24) is 4.98 Å². The smallest absolute Gasteiger partial charge is 0.138 e.